The molecule has 1 atom stereocenters. The maximum atomic E-state index is 13.4. The molecule has 138 valence electrons. The minimum Gasteiger partial charge on any atom is -0.342 e. The van der Waals surface area contributed by atoms with Gasteiger partial charge in [-0.05, 0) is 18.6 Å². The van der Waals surface area contributed by atoms with Crippen molar-refractivity contribution in [3.05, 3.63) is 27.1 Å². The maximum absolute atomic E-state index is 13.4. The highest BCUT2D eigenvalue weighted by Gasteiger charge is 2.35. The van der Waals surface area contributed by atoms with Crippen LogP contribution in [0.25, 0.3) is 11.0 Å². The number of halogens is 4. The second kappa shape index (κ2) is 7.01. The van der Waals surface area contributed by atoms with Gasteiger partial charge in [0.2, 0.25) is 5.95 Å². The smallest absolute Gasteiger partial charge is 0.281 e. The zero-order chi connectivity index (χ0) is 17.6. The van der Waals surface area contributed by atoms with Gasteiger partial charge in [0.25, 0.3) is 11.5 Å². The molecule has 10 heteroatoms. The largest absolute Gasteiger partial charge is 0.342 e. The standard InChI is InChI=1S/C15H18ClF2N5O.ClH/c1-8(19)9-7-10(16)20-12-11(9)21-14(22(2)13(12)24)23-5-3-15(17,18)4-6-23;/h7-8H,3-6,19H2,1-2H3;1H/t8-;/m1./s1. The van der Waals surface area contributed by atoms with E-state index in [1.807, 2.05) is 0 Å². The van der Waals surface area contributed by atoms with Gasteiger partial charge in [0.15, 0.2) is 5.52 Å². The van der Waals surface area contributed by atoms with E-state index in [4.69, 9.17) is 17.3 Å². The van der Waals surface area contributed by atoms with Crippen molar-refractivity contribution in [1.82, 2.24) is 14.5 Å². The van der Waals surface area contributed by atoms with Crippen LogP contribution in [-0.4, -0.2) is 33.5 Å². The van der Waals surface area contributed by atoms with Crippen LogP contribution in [0.3, 0.4) is 0 Å². The van der Waals surface area contributed by atoms with Crippen LogP contribution in [0, 0.1) is 0 Å². The second-order valence-corrected chi connectivity index (χ2v) is 6.53. The van der Waals surface area contributed by atoms with E-state index in [1.54, 1.807) is 24.9 Å². The van der Waals surface area contributed by atoms with Gasteiger partial charge in [-0.15, -0.1) is 12.4 Å². The van der Waals surface area contributed by atoms with Crippen molar-refractivity contribution < 1.29 is 8.78 Å². The number of nitrogens with zero attached hydrogens (tertiary/aromatic N) is 4. The van der Waals surface area contributed by atoms with E-state index >= 15 is 0 Å². The predicted octanol–water partition coefficient (Wildman–Crippen LogP) is 2.66. The first-order valence-electron chi connectivity index (χ1n) is 7.65. The molecule has 1 aliphatic heterocycles. The van der Waals surface area contributed by atoms with Crippen LogP contribution >= 0.6 is 24.0 Å². The van der Waals surface area contributed by atoms with E-state index < -0.39 is 12.0 Å². The Morgan fingerprint density at radius 1 is 1.28 bits per heavy atom. The molecule has 2 aromatic heterocycles. The fourth-order valence-corrected chi connectivity index (χ4v) is 3.08. The zero-order valence-corrected chi connectivity index (χ0v) is 15.4. The van der Waals surface area contributed by atoms with Gasteiger partial charge in [-0.3, -0.25) is 9.36 Å². The quantitative estimate of drug-likeness (QED) is 0.793. The van der Waals surface area contributed by atoms with Gasteiger partial charge < -0.3 is 10.6 Å². The molecule has 0 unspecified atom stereocenters. The van der Waals surface area contributed by atoms with E-state index in [2.05, 4.69) is 9.97 Å². The summed E-state index contributed by atoms with van der Waals surface area (Å²) in [6.07, 6.45) is -0.528. The molecule has 0 bridgehead atoms. The van der Waals surface area contributed by atoms with E-state index in [1.165, 1.54) is 4.57 Å². The lowest BCUT2D eigenvalue weighted by atomic mass is 10.1. The maximum Gasteiger partial charge on any atom is 0.281 e. The first-order valence-corrected chi connectivity index (χ1v) is 8.03. The number of hydrogen-bond donors (Lipinski definition) is 1. The summed E-state index contributed by atoms with van der Waals surface area (Å²) in [5.41, 5.74) is 6.67. The molecule has 0 aliphatic carbocycles. The van der Waals surface area contributed by atoms with E-state index in [0.717, 1.165) is 0 Å². The van der Waals surface area contributed by atoms with Crippen molar-refractivity contribution in [3.8, 4) is 0 Å². The topological polar surface area (TPSA) is 77.0 Å². The highest BCUT2D eigenvalue weighted by Crippen LogP contribution is 2.30. The van der Waals surface area contributed by atoms with Gasteiger partial charge in [0, 0.05) is 39.0 Å². The lowest BCUT2D eigenvalue weighted by Gasteiger charge is -2.33. The minimum absolute atomic E-state index is 0. The van der Waals surface area contributed by atoms with Crippen molar-refractivity contribution >= 4 is 41.0 Å². The van der Waals surface area contributed by atoms with Gasteiger partial charge in [-0.1, -0.05) is 11.6 Å². The first-order chi connectivity index (χ1) is 11.2. The summed E-state index contributed by atoms with van der Waals surface area (Å²) in [6, 6.07) is 1.18. The Kier molecular flexibility index (Phi) is 5.56. The molecule has 1 saturated heterocycles. The molecule has 1 aliphatic rings. The lowest BCUT2D eigenvalue weighted by molar-refractivity contribution is -0.0223. The van der Waals surface area contributed by atoms with Crippen LogP contribution in [0.2, 0.25) is 5.15 Å². The summed E-state index contributed by atoms with van der Waals surface area (Å²) in [6.45, 7) is 2.02. The van der Waals surface area contributed by atoms with Crippen LogP contribution in [0.1, 0.15) is 31.4 Å². The zero-order valence-electron chi connectivity index (χ0n) is 13.8. The molecule has 3 heterocycles. The van der Waals surface area contributed by atoms with Gasteiger partial charge in [0.05, 0.1) is 0 Å². The number of pyridine rings is 1. The summed E-state index contributed by atoms with van der Waals surface area (Å²) >= 11 is 5.98. The van der Waals surface area contributed by atoms with Crippen molar-refractivity contribution in [3.63, 3.8) is 0 Å². The SMILES string of the molecule is C[C@@H](N)c1cc(Cl)nc2c(=O)n(C)c(N3CCC(F)(F)CC3)nc12.Cl. The van der Waals surface area contributed by atoms with Crippen LogP contribution in [0.15, 0.2) is 10.9 Å². The summed E-state index contributed by atoms with van der Waals surface area (Å²) in [7, 11) is 1.55. The Balaban J connectivity index is 0.00000225. The van der Waals surface area contributed by atoms with Crippen LogP contribution in [0.4, 0.5) is 14.7 Å². The second-order valence-electron chi connectivity index (χ2n) is 6.14. The number of rotatable bonds is 2. The van der Waals surface area contributed by atoms with Gasteiger partial charge in [0.1, 0.15) is 10.7 Å². The molecule has 0 aromatic carbocycles. The van der Waals surface area contributed by atoms with Crippen molar-refractivity contribution in [2.45, 2.75) is 31.7 Å². The average Bonchev–Trinajstić information content (AvgIpc) is 2.51. The molecule has 2 aromatic rings. The van der Waals surface area contributed by atoms with Crippen molar-refractivity contribution in [1.29, 1.82) is 0 Å². The third kappa shape index (κ3) is 3.70. The van der Waals surface area contributed by atoms with E-state index in [0.29, 0.717) is 17.0 Å². The van der Waals surface area contributed by atoms with Crippen LogP contribution in [-0.2, 0) is 7.05 Å². The summed E-state index contributed by atoms with van der Waals surface area (Å²) in [5.74, 6) is -2.33. The highest BCUT2D eigenvalue weighted by atomic mass is 35.5. The number of anilines is 1. The minimum atomic E-state index is -2.67. The summed E-state index contributed by atoms with van der Waals surface area (Å²) in [4.78, 5) is 22.9. The third-order valence-corrected chi connectivity index (χ3v) is 4.47. The number of piperidine rings is 1. The highest BCUT2D eigenvalue weighted by molar-refractivity contribution is 6.29. The van der Waals surface area contributed by atoms with E-state index in [-0.39, 0.29) is 54.6 Å². The molecule has 1 fully saturated rings. The molecule has 6 nitrogen and oxygen atoms in total. The fourth-order valence-electron chi connectivity index (χ4n) is 2.88. The Labute approximate surface area is 154 Å². The first kappa shape index (κ1) is 19.8. The molecule has 0 amide bonds. The Morgan fingerprint density at radius 3 is 2.44 bits per heavy atom. The average molecular weight is 394 g/mol. The number of alkyl halides is 2. The molecule has 25 heavy (non-hydrogen) atoms. The molecular weight excluding hydrogens is 375 g/mol. The Morgan fingerprint density at radius 2 is 1.88 bits per heavy atom. The van der Waals surface area contributed by atoms with E-state index in [9.17, 15) is 13.6 Å². The molecule has 2 N–H and O–H groups in total. The molecular formula is C15H19Cl2F2N5O. The molecule has 0 radical (unpaired) electrons. The number of hydrogen-bond acceptors (Lipinski definition) is 5. The van der Waals surface area contributed by atoms with Crippen molar-refractivity contribution in [2.75, 3.05) is 18.0 Å². The monoisotopic (exact) mass is 393 g/mol. The van der Waals surface area contributed by atoms with Gasteiger partial charge in [-0.2, -0.15) is 0 Å². The van der Waals surface area contributed by atoms with Gasteiger partial charge >= 0.3 is 0 Å². The Hall–Kier alpha value is -1.51. The molecule has 0 saturated carbocycles. The fraction of sp³-hybridized carbons (Fsp3) is 0.533. The van der Waals surface area contributed by atoms with Gasteiger partial charge in [-0.25, -0.2) is 18.7 Å². The summed E-state index contributed by atoms with van der Waals surface area (Å²) < 4.78 is 28.1. The molecule has 0 spiro atoms. The third-order valence-electron chi connectivity index (χ3n) is 4.28. The number of aromatic nitrogens is 3. The Bertz CT molecular complexity index is 846. The number of nitrogens with two attached hydrogens (primary N) is 1. The van der Waals surface area contributed by atoms with Crippen LogP contribution in [0.5, 0.6) is 0 Å². The normalized spacial score (nSPS) is 18.1. The predicted molar refractivity (Wildman–Crippen MR) is 96.0 cm³/mol. The lowest BCUT2D eigenvalue weighted by Crippen LogP contribution is -2.42. The van der Waals surface area contributed by atoms with Crippen LogP contribution < -0.4 is 16.2 Å². The molecule has 3 rings (SSSR count). The number of fused-ring (bicyclic) bond motifs is 1. The summed E-state index contributed by atoms with van der Waals surface area (Å²) in [5, 5.41) is 0.166. The van der Waals surface area contributed by atoms with Crippen molar-refractivity contribution in [2.24, 2.45) is 12.8 Å².